The number of amides is 2. The second-order valence-corrected chi connectivity index (χ2v) is 6.73. The van der Waals surface area contributed by atoms with Crippen molar-refractivity contribution in [1.82, 2.24) is 5.32 Å². The normalized spacial score (nSPS) is 13.4. The van der Waals surface area contributed by atoms with Crippen molar-refractivity contribution in [2.75, 3.05) is 11.9 Å². The van der Waals surface area contributed by atoms with Crippen molar-refractivity contribution in [2.24, 2.45) is 0 Å². The summed E-state index contributed by atoms with van der Waals surface area (Å²) < 4.78 is 15.9. The number of carbonyl (C=O) groups is 2. The summed E-state index contributed by atoms with van der Waals surface area (Å²) in [5.74, 6) is -1.39. The van der Waals surface area contributed by atoms with Gasteiger partial charge in [-0.05, 0) is 17.7 Å². The molecule has 154 valence electrons. The highest BCUT2D eigenvalue weighted by atomic mass is 16.6. The molecule has 2 heterocycles. The number of hydrogen-bond donors (Lipinski definition) is 4. The molecule has 9 nitrogen and oxygen atoms in total. The lowest BCUT2D eigenvalue weighted by Gasteiger charge is -2.19. The molecule has 1 aliphatic rings. The SMILES string of the molecule is O=C(Nc1cccc2c1OCC2)C(=O)N[C@@H](Cc1coc2ccccc12)OB(O)O. The number of ether oxygens (including phenoxy) is 1. The summed E-state index contributed by atoms with van der Waals surface area (Å²) >= 11 is 0. The van der Waals surface area contributed by atoms with Crippen LogP contribution in [0.15, 0.2) is 53.1 Å². The van der Waals surface area contributed by atoms with Gasteiger partial charge >= 0.3 is 19.1 Å². The van der Waals surface area contributed by atoms with Crippen LogP contribution in [0.5, 0.6) is 5.75 Å². The molecule has 1 atom stereocenters. The molecule has 10 heteroatoms. The Morgan fingerprint density at radius 2 is 1.97 bits per heavy atom. The standard InChI is InChI=1S/C20H19BN2O7/c24-19(22-15-6-3-4-12-8-9-28-18(12)15)20(25)23-17(30-21(26)27)10-13-11-29-16-7-2-1-5-14(13)16/h1-7,11,17,26-27H,8-10H2,(H,22,24)(H,23,25)/t17-/m1/s1. The third-order valence-electron chi connectivity index (χ3n) is 4.71. The van der Waals surface area contributed by atoms with E-state index in [0.29, 0.717) is 29.2 Å². The van der Waals surface area contributed by atoms with E-state index in [4.69, 9.17) is 13.8 Å². The summed E-state index contributed by atoms with van der Waals surface area (Å²) in [6.45, 7) is 0.511. The fourth-order valence-corrected chi connectivity index (χ4v) is 3.38. The van der Waals surface area contributed by atoms with Gasteiger partial charge in [-0.3, -0.25) is 9.59 Å². The number of anilines is 1. The van der Waals surface area contributed by atoms with Crippen LogP contribution >= 0.6 is 0 Å². The molecule has 4 rings (SSSR count). The summed E-state index contributed by atoms with van der Waals surface area (Å²) in [5, 5.41) is 24.1. The molecule has 0 bridgehead atoms. The van der Waals surface area contributed by atoms with E-state index < -0.39 is 25.4 Å². The molecule has 30 heavy (non-hydrogen) atoms. The summed E-state index contributed by atoms with van der Waals surface area (Å²) in [6.07, 6.45) is 1.09. The lowest BCUT2D eigenvalue weighted by atomic mass is 10.1. The van der Waals surface area contributed by atoms with Crippen LogP contribution in [0.4, 0.5) is 5.69 Å². The second kappa shape index (κ2) is 8.58. The molecule has 0 fully saturated rings. The number of fused-ring (bicyclic) bond motifs is 2. The largest absolute Gasteiger partial charge is 0.635 e. The third kappa shape index (κ3) is 4.30. The van der Waals surface area contributed by atoms with Crippen molar-refractivity contribution in [2.45, 2.75) is 19.1 Å². The zero-order valence-electron chi connectivity index (χ0n) is 15.8. The first-order valence-electron chi connectivity index (χ1n) is 9.34. The molecule has 0 aliphatic carbocycles. The smallest absolute Gasteiger partial charge is 0.491 e. The minimum Gasteiger partial charge on any atom is -0.491 e. The molecule has 0 saturated carbocycles. The Kier molecular flexibility index (Phi) is 5.71. The number of nitrogens with one attached hydrogen (secondary N) is 2. The number of hydrogen-bond acceptors (Lipinski definition) is 7. The minimum atomic E-state index is -2.14. The highest BCUT2D eigenvalue weighted by Crippen LogP contribution is 2.33. The zero-order valence-corrected chi connectivity index (χ0v) is 15.8. The maximum Gasteiger partial charge on any atom is 0.635 e. The number of para-hydroxylation sites is 2. The van der Waals surface area contributed by atoms with Gasteiger partial charge in [0.05, 0.1) is 18.6 Å². The molecule has 1 aromatic heterocycles. The molecular formula is C20H19BN2O7. The van der Waals surface area contributed by atoms with Gasteiger partial charge in [0.25, 0.3) is 0 Å². The zero-order chi connectivity index (χ0) is 21.1. The van der Waals surface area contributed by atoms with Crippen LogP contribution in [0.2, 0.25) is 0 Å². The van der Waals surface area contributed by atoms with Gasteiger partial charge < -0.3 is 34.5 Å². The molecule has 1 aliphatic heterocycles. The molecule has 2 amide bonds. The first kappa shape index (κ1) is 20.0. The second-order valence-electron chi connectivity index (χ2n) is 6.73. The van der Waals surface area contributed by atoms with Crippen LogP contribution in [-0.2, 0) is 27.1 Å². The van der Waals surface area contributed by atoms with Gasteiger partial charge in [0, 0.05) is 23.8 Å². The van der Waals surface area contributed by atoms with Gasteiger partial charge in [0.1, 0.15) is 17.6 Å². The molecule has 0 radical (unpaired) electrons. The highest BCUT2D eigenvalue weighted by Gasteiger charge is 2.26. The van der Waals surface area contributed by atoms with Crippen molar-refractivity contribution in [3.05, 3.63) is 59.9 Å². The van der Waals surface area contributed by atoms with Gasteiger partial charge in [-0.2, -0.15) is 0 Å². The quantitative estimate of drug-likeness (QED) is 0.271. The molecule has 2 aromatic carbocycles. The van der Waals surface area contributed by atoms with E-state index in [1.165, 1.54) is 6.26 Å². The summed E-state index contributed by atoms with van der Waals surface area (Å²) in [6, 6.07) is 12.5. The molecule has 0 spiro atoms. The molecule has 0 saturated heterocycles. The van der Waals surface area contributed by atoms with E-state index in [2.05, 4.69) is 10.6 Å². The molecule has 4 N–H and O–H groups in total. The third-order valence-corrected chi connectivity index (χ3v) is 4.71. The first-order valence-corrected chi connectivity index (χ1v) is 9.34. The first-order chi connectivity index (χ1) is 14.5. The maximum atomic E-state index is 12.4. The predicted octanol–water partition coefficient (Wildman–Crippen LogP) is 0.977. The average Bonchev–Trinajstić information content (AvgIpc) is 3.35. The van der Waals surface area contributed by atoms with Crippen LogP contribution in [0.3, 0.4) is 0 Å². The monoisotopic (exact) mass is 410 g/mol. The Morgan fingerprint density at radius 1 is 1.13 bits per heavy atom. The Morgan fingerprint density at radius 3 is 2.80 bits per heavy atom. The van der Waals surface area contributed by atoms with Crippen molar-refractivity contribution >= 4 is 35.8 Å². The van der Waals surface area contributed by atoms with E-state index in [1.807, 2.05) is 24.3 Å². The Hall–Kier alpha value is -3.34. The van der Waals surface area contributed by atoms with Gasteiger partial charge in [0.15, 0.2) is 0 Å². The molecule has 0 unspecified atom stereocenters. The number of rotatable bonds is 6. The van der Waals surface area contributed by atoms with Gasteiger partial charge in [0.2, 0.25) is 0 Å². The number of benzene rings is 2. The van der Waals surface area contributed by atoms with E-state index in [0.717, 1.165) is 17.4 Å². The topological polar surface area (TPSA) is 130 Å². The fraction of sp³-hybridized carbons (Fsp3) is 0.200. The minimum absolute atomic E-state index is 0.0531. The van der Waals surface area contributed by atoms with E-state index >= 15 is 0 Å². The average molecular weight is 410 g/mol. The van der Waals surface area contributed by atoms with Crippen LogP contribution in [0.1, 0.15) is 11.1 Å². The Balaban J connectivity index is 1.45. The van der Waals surface area contributed by atoms with Crippen molar-refractivity contribution in [3.8, 4) is 5.75 Å². The highest BCUT2D eigenvalue weighted by molar-refractivity contribution is 6.40. The fourth-order valence-electron chi connectivity index (χ4n) is 3.38. The van der Waals surface area contributed by atoms with Crippen LogP contribution in [-0.4, -0.2) is 42.0 Å². The summed E-state index contributed by atoms with van der Waals surface area (Å²) in [4.78, 5) is 24.8. The molecule has 3 aromatic rings. The van der Waals surface area contributed by atoms with Crippen LogP contribution < -0.4 is 15.4 Å². The van der Waals surface area contributed by atoms with Crippen LogP contribution in [0, 0.1) is 0 Å². The number of carbonyl (C=O) groups excluding carboxylic acids is 2. The van der Waals surface area contributed by atoms with Gasteiger partial charge in [-0.15, -0.1) is 0 Å². The van der Waals surface area contributed by atoms with Crippen molar-refractivity contribution in [3.63, 3.8) is 0 Å². The van der Waals surface area contributed by atoms with E-state index in [-0.39, 0.29) is 6.42 Å². The lowest BCUT2D eigenvalue weighted by Crippen LogP contribution is -2.46. The van der Waals surface area contributed by atoms with E-state index in [9.17, 15) is 19.6 Å². The molecular weight excluding hydrogens is 391 g/mol. The van der Waals surface area contributed by atoms with E-state index in [1.54, 1.807) is 18.2 Å². The number of furan rings is 1. The van der Waals surface area contributed by atoms with Gasteiger partial charge in [-0.1, -0.05) is 30.3 Å². The Labute approximate surface area is 171 Å². The van der Waals surface area contributed by atoms with Crippen molar-refractivity contribution < 1.29 is 33.4 Å². The predicted molar refractivity (Wildman–Crippen MR) is 107 cm³/mol. The van der Waals surface area contributed by atoms with Gasteiger partial charge in [-0.25, -0.2) is 0 Å². The summed E-state index contributed by atoms with van der Waals surface area (Å²) in [7, 11) is -2.14. The summed E-state index contributed by atoms with van der Waals surface area (Å²) in [5.41, 5.74) is 2.65. The van der Waals surface area contributed by atoms with Crippen LogP contribution in [0.25, 0.3) is 11.0 Å². The maximum absolute atomic E-state index is 12.4. The Bertz CT molecular complexity index is 1080. The van der Waals surface area contributed by atoms with Crippen molar-refractivity contribution in [1.29, 1.82) is 0 Å². The lowest BCUT2D eigenvalue weighted by molar-refractivity contribution is -0.138.